The summed E-state index contributed by atoms with van der Waals surface area (Å²) in [5, 5.41) is 19.7. The van der Waals surface area contributed by atoms with Gasteiger partial charge in [0.15, 0.2) is 5.54 Å². The van der Waals surface area contributed by atoms with Gasteiger partial charge in [0.1, 0.15) is 12.4 Å². The molecule has 2 heterocycles. The normalized spacial score (nSPS) is 24.9. The maximum Gasteiger partial charge on any atom is 0.256 e. The highest BCUT2D eigenvalue weighted by Crippen LogP contribution is 2.50. The van der Waals surface area contributed by atoms with Crippen molar-refractivity contribution in [3.8, 4) is 5.75 Å². The molecule has 1 fully saturated rings. The summed E-state index contributed by atoms with van der Waals surface area (Å²) in [5.41, 5.74) is 1.14. The van der Waals surface area contributed by atoms with Crippen LogP contribution in [0.2, 0.25) is 15.1 Å². The molecule has 1 spiro atoms. The van der Waals surface area contributed by atoms with Gasteiger partial charge in [0.25, 0.3) is 11.9 Å². The van der Waals surface area contributed by atoms with Crippen molar-refractivity contribution in [1.82, 2.24) is 5.32 Å². The molecule has 0 aromatic heterocycles. The third-order valence-electron chi connectivity index (χ3n) is 6.68. The molecule has 0 saturated carbocycles. The zero-order chi connectivity index (χ0) is 24.9. The zero-order valence-electron chi connectivity index (χ0n) is 18.4. The number of nitrogens with zero attached hydrogens (tertiary/aromatic N) is 1. The maximum absolute atomic E-state index is 13.1. The van der Waals surface area contributed by atoms with Gasteiger partial charge < -0.3 is 10.1 Å². The van der Waals surface area contributed by atoms with Gasteiger partial charge in [-0.3, -0.25) is 20.2 Å². The third-order valence-corrected chi connectivity index (χ3v) is 7.72. The molecule has 5 rings (SSSR count). The van der Waals surface area contributed by atoms with E-state index in [4.69, 9.17) is 39.5 Å². The van der Waals surface area contributed by atoms with E-state index in [1.54, 1.807) is 60.7 Å². The number of nitro groups is 1. The van der Waals surface area contributed by atoms with Crippen LogP contribution in [0.25, 0.3) is 0 Å². The summed E-state index contributed by atoms with van der Waals surface area (Å²) in [6.45, 7) is 2.06. The van der Waals surface area contributed by atoms with Gasteiger partial charge in [-0.2, -0.15) is 0 Å². The first-order valence-electron chi connectivity index (χ1n) is 10.9. The first-order chi connectivity index (χ1) is 16.7. The van der Waals surface area contributed by atoms with E-state index in [2.05, 4.69) is 10.6 Å². The number of ether oxygens (including phenoxy) is 1. The number of anilines is 1. The molecule has 35 heavy (non-hydrogen) atoms. The largest absolute Gasteiger partial charge is 0.487 e. The minimum atomic E-state index is -1.47. The van der Waals surface area contributed by atoms with Gasteiger partial charge in [-0.05, 0) is 48.4 Å². The molecule has 0 unspecified atom stereocenters. The van der Waals surface area contributed by atoms with Crippen LogP contribution in [-0.2, 0) is 16.9 Å². The molecule has 2 aliphatic rings. The average Bonchev–Trinajstić information content (AvgIpc) is 3.29. The molecule has 1 saturated heterocycles. The van der Waals surface area contributed by atoms with Crippen molar-refractivity contribution in [1.29, 1.82) is 0 Å². The Labute approximate surface area is 216 Å². The molecule has 10 heteroatoms. The second-order valence-corrected chi connectivity index (χ2v) is 9.95. The maximum atomic E-state index is 13.1. The van der Waals surface area contributed by atoms with Gasteiger partial charge in [0.05, 0.1) is 21.0 Å². The molecule has 1 amide bonds. The highest BCUT2D eigenvalue weighted by Gasteiger charge is 2.67. The Hall–Kier alpha value is -2.84. The summed E-state index contributed by atoms with van der Waals surface area (Å²) in [6.07, 6.45) is 0. The number of carbonyl (C=O) groups excluding carboxylic acids is 1. The molecule has 0 aliphatic carbocycles. The van der Waals surface area contributed by atoms with Gasteiger partial charge in [-0.15, -0.1) is 0 Å². The lowest BCUT2D eigenvalue weighted by atomic mass is 9.78. The number of benzene rings is 3. The summed E-state index contributed by atoms with van der Waals surface area (Å²) in [4.78, 5) is 25.2. The van der Waals surface area contributed by atoms with Crippen LogP contribution in [0, 0.1) is 10.1 Å². The second-order valence-electron chi connectivity index (χ2n) is 8.72. The number of carbonyl (C=O) groups is 1. The van der Waals surface area contributed by atoms with Gasteiger partial charge in [-0.1, -0.05) is 65.1 Å². The van der Waals surface area contributed by atoms with Crippen LogP contribution in [-0.4, -0.2) is 22.9 Å². The molecule has 2 aliphatic heterocycles. The van der Waals surface area contributed by atoms with Crippen molar-refractivity contribution in [2.75, 3.05) is 5.32 Å². The Bertz CT molecular complexity index is 1350. The van der Waals surface area contributed by atoms with Crippen molar-refractivity contribution >= 4 is 46.4 Å². The van der Waals surface area contributed by atoms with Crippen LogP contribution in [0.15, 0.2) is 60.7 Å². The second kappa shape index (κ2) is 8.99. The van der Waals surface area contributed by atoms with Crippen LogP contribution >= 0.6 is 34.8 Å². The number of hydrogen-bond donors (Lipinski definition) is 2. The SMILES string of the molecule is C[C@@H]1N[C@]2(C(=O)Nc3ccccc32)[C@H]([N+](=O)[O-])[C@@H]1c1ccc(OCc2ccc(Cl)c(Cl)c2)c(Cl)c1. The van der Waals surface area contributed by atoms with Gasteiger partial charge in [-0.25, -0.2) is 0 Å². The third kappa shape index (κ3) is 3.93. The summed E-state index contributed by atoms with van der Waals surface area (Å²) in [6, 6.07) is 15.8. The number of amides is 1. The summed E-state index contributed by atoms with van der Waals surface area (Å²) in [5.74, 6) is -0.609. The Kier molecular flexibility index (Phi) is 6.13. The molecule has 3 aromatic carbocycles. The molecule has 180 valence electrons. The van der Waals surface area contributed by atoms with Crippen molar-refractivity contribution in [2.24, 2.45) is 0 Å². The predicted octanol–water partition coefficient (Wildman–Crippen LogP) is 5.79. The van der Waals surface area contributed by atoms with Crippen LogP contribution in [0.5, 0.6) is 5.75 Å². The van der Waals surface area contributed by atoms with Crippen molar-refractivity contribution in [3.05, 3.63) is 103 Å². The summed E-state index contributed by atoms with van der Waals surface area (Å²) in [7, 11) is 0. The van der Waals surface area contributed by atoms with E-state index in [9.17, 15) is 14.9 Å². The van der Waals surface area contributed by atoms with E-state index in [1.165, 1.54) is 0 Å². The Balaban J connectivity index is 1.45. The molecule has 2 N–H and O–H groups in total. The fourth-order valence-electron chi connectivity index (χ4n) is 5.19. The number of halogens is 3. The van der Waals surface area contributed by atoms with E-state index in [1.807, 2.05) is 6.92 Å². The van der Waals surface area contributed by atoms with Gasteiger partial charge in [0.2, 0.25) is 0 Å². The minimum absolute atomic E-state index is 0.217. The number of fused-ring (bicyclic) bond motifs is 2. The smallest absolute Gasteiger partial charge is 0.256 e. The quantitative estimate of drug-likeness (QED) is 0.320. The van der Waals surface area contributed by atoms with Crippen molar-refractivity contribution in [2.45, 2.75) is 37.1 Å². The van der Waals surface area contributed by atoms with Gasteiger partial charge in [0, 0.05) is 22.2 Å². The first kappa shape index (κ1) is 23.9. The Morgan fingerprint density at radius 3 is 2.51 bits per heavy atom. The van der Waals surface area contributed by atoms with E-state index in [0.29, 0.717) is 37.6 Å². The molecule has 7 nitrogen and oxygen atoms in total. The van der Waals surface area contributed by atoms with E-state index in [0.717, 1.165) is 5.56 Å². The van der Waals surface area contributed by atoms with Crippen molar-refractivity contribution < 1.29 is 14.5 Å². The summed E-state index contributed by atoms with van der Waals surface area (Å²) >= 11 is 18.5. The lowest BCUT2D eigenvalue weighted by Crippen LogP contribution is -2.54. The van der Waals surface area contributed by atoms with Crippen molar-refractivity contribution in [3.63, 3.8) is 0 Å². The van der Waals surface area contributed by atoms with Crippen LogP contribution in [0.4, 0.5) is 5.69 Å². The molecule has 3 aromatic rings. The summed E-state index contributed by atoms with van der Waals surface area (Å²) < 4.78 is 5.85. The Morgan fingerprint density at radius 2 is 1.80 bits per heavy atom. The molecule has 0 radical (unpaired) electrons. The fourth-order valence-corrected chi connectivity index (χ4v) is 5.75. The van der Waals surface area contributed by atoms with Crippen LogP contribution < -0.4 is 15.4 Å². The molecule has 0 bridgehead atoms. The van der Waals surface area contributed by atoms with E-state index in [-0.39, 0.29) is 17.6 Å². The zero-order valence-corrected chi connectivity index (χ0v) is 20.7. The monoisotopic (exact) mass is 531 g/mol. The fraction of sp³-hybridized carbons (Fsp3) is 0.240. The molecule has 4 atom stereocenters. The highest BCUT2D eigenvalue weighted by molar-refractivity contribution is 6.42. The topological polar surface area (TPSA) is 93.5 Å². The standard InChI is InChI=1S/C25H20Cl3N3O4/c1-13-22(23(31(33)34)25(30-13)16-4-2-3-5-20(16)29-24(25)32)15-7-9-21(19(28)11-15)35-12-14-6-8-17(26)18(27)10-14/h2-11,13,22-23,30H,12H2,1H3,(H,29,32)/t13-,22-,23+,25-/m0/s1. The Morgan fingerprint density at radius 1 is 1.03 bits per heavy atom. The molecular weight excluding hydrogens is 513 g/mol. The number of nitrogens with one attached hydrogen (secondary N) is 2. The first-order valence-corrected chi connectivity index (χ1v) is 12.0. The van der Waals surface area contributed by atoms with Gasteiger partial charge >= 0.3 is 0 Å². The van der Waals surface area contributed by atoms with E-state index < -0.39 is 23.4 Å². The van der Waals surface area contributed by atoms with Crippen LogP contribution in [0.3, 0.4) is 0 Å². The molecular formula is C25H20Cl3N3O4. The number of para-hydroxylation sites is 1. The lowest BCUT2D eigenvalue weighted by Gasteiger charge is -2.25. The average molecular weight is 533 g/mol. The highest BCUT2D eigenvalue weighted by atomic mass is 35.5. The number of rotatable bonds is 5. The lowest BCUT2D eigenvalue weighted by molar-refractivity contribution is -0.532. The minimum Gasteiger partial charge on any atom is -0.487 e. The van der Waals surface area contributed by atoms with Crippen LogP contribution in [0.1, 0.15) is 29.5 Å². The number of hydrogen-bond acceptors (Lipinski definition) is 5. The van der Waals surface area contributed by atoms with E-state index >= 15 is 0 Å². The predicted molar refractivity (Wildman–Crippen MR) is 135 cm³/mol.